The van der Waals surface area contributed by atoms with Crippen LogP contribution in [0.1, 0.15) is 48.6 Å². The van der Waals surface area contributed by atoms with Gasteiger partial charge >= 0.3 is 0 Å². The number of nitrogens with one attached hydrogen (secondary N) is 2. The van der Waals surface area contributed by atoms with Crippen LogP contribution in [0, 0.1) is 13.8 Å². The molecule has 2 aromatic rings. The van der Waals surface area contributed by atoms with Crippen molar-refractivity contribution in [1.29, 1.82) is 0 Å². The maximum atomic E-state index is 12.2. The number of anilines is 1. The number of piperidine rings is 1. The third-order valence-electron chi connectivity index (χ3n) is 4.87. The molecule has 0 atom stereocenters. The van der Waals surface area contributed by atoms with E-state index in [0.717, 1.165) is 43.1 Å². The van der Waals surface area contributed by atoms with Crippen molar-refractivity contribution in [1.82, 2.24) is 20.1 Å². The molecule has 3 rings (SSSR count). The molecular formula is C20H29N5O2. The fourth-order valence-corrected chi connectivity index (χ4v) is 3.33. The van der Waals surface area contributed by atoms with Gasteiger partial charge in [0, 0.05) is 19.4 Å². The number of nitrogens with zero attached hydrogens (tertiary/aromatic N) is 3. The minimum absolute atomic E-state index is 0.0633. The number of hydrogen-bond acceptors (Lipinski definition) is 5. The van der Waals surface area contributed by atoms with Crippen LogP contribution >= 0.6 is 0 Å². The molecule has 1 saturated heterocycles. The van der Waals surface area contributed by atoms with Crippen molar-refractivity contribution in [2.24, 2.45) is 7.05 Å². The minimum Gasteiger partial charge on any atom is -0.493 e. The Morgan fingerprint density at radius 1 is 1.33 bits per heavy atom. The second kappa shape index (κ2) is 8.99. The van der Waals surface area contributed by atoms with E-state index in [1.807, 2.05) is 26.1 Å². The molecule has 1 aliphatic rings. The van der Waals surface area contributed by atoms with Gasteiger partial charge in [0.1, 0.15) is 5.75 Å². The van der Waals surface area contributed by atoms with Crippen LogP contribution in [0.2, 0.25) is 0 Å². The molecule has 2 N–H and O–H groups in total. The van der Waals surface area contributed by atoms with Gasteiger partial charge in [-0.05, 0) is 57.8 Å². The number of aromatic nitrogens is 3. The second-order valence-electron chi connectivity index (χ2n) is 7.21. The van der Waals surface area contributed by atoms with Gasteiger partial charge in [0.2, 0.25) is 11.9 Å². The Labute approximate surface area is 160 Å². The highest BCUT2D eigenvalue weighted by atomic mass is 16.5. The molecule has 27 heavy (non-hydrogen) atoms. The van der Waals surface area contributed by atoms with Crippen LogP contribution in [0.25, 0.3) is 0 Å². The molecule has 0 spiro atoms. The molecule has 7 nitrogen and oxygen atoms in total. The van der Waals surface area contributed by atoms with Crippen molar-refractivity contribution in [3.8, 4) is 5.75 Å². The molecular weight excluding hydrogens is 342 g/mol. The van der Waals surface area contributed by atoms with Crippen LogP contribution in [0.5, 0.6) is 5.75 Å². The maximum Gasteiger partial charge on any atom is 0.227 e. The van der Waals surface area contributed by atoms with Crippen LogP contribution in [0.15, 0.2) is 18.2 Å². The number of ether oxygens (including phenoxy) is 1. The molecule has 1 fully saturated rings. The summed E-state index contributed by atoms with van der Waals surface area (Å²) in [5, 5.41) is 10.7. The van der Waals surface area contributed by atoms with Gasteiger partial charge in [-0.25, -0.2) is 4.68 Å². The molecule has 0 saturated carbocycles. The fourth-order valence-electron chi connectivity index (χ4n) is 3.33. The summed E-state index contributed by atoms with van der Waals surface area (Å²) in [7, 11) is 1.82. The predicted octanol–water partition coefficient (Wildman–Crippen LogP) is 2.70. The zero-order valence-corrected chi connectivity index (χ0v) is 16.4. The third-order valence-corrected chi connectivity index (χ3v) is 4.87. The minimum atomic E-state index is -0.0633. The summed E-state index contributed by atoms with van der Waals surface area (Å²) in [5.41, 5.74) is 2.33. The smallest absolute Gasteiger partial charge is 0.227 e. The molecule has 7 heteroatoms. The van der Waals surface area contributed by atoms with E-state index in [-0.39, 0.29) is 5.91 Å². The maximum absolute atomic E-state index is 12.2. The first-order valence-electron chi connectivity index (χ1n) is 9.64. The van der Waals surface area contributed by atoms with Crippen molar-refractivity contribution >= 4 is 11.9 Å². The standard InChI is InChI=1S/C20H29N5O2/c1-14-6-7-17(15(2)13-14)27-12-4-5-18(26)22-20-23-19(24-25(20)3)16-8-10-21-11-9-16/h6-7,13,16,21H,4-5,8-12H2,1-3H3,(H,22,23,24,26). The molecule has 1 aliphatic heterocycles. The quantitative estimate of drug-likeness (QED) is 0.732. The molecule has 0 radical (unpaired) electrons. The number of carbonyl (C=O) groups excluding carboxylic acids is 1. The number of hydrogen-bond donors (Lipinski definition) is 2. The summed E-state index contributed by atoms with van der Waals surface area (Å²) in [6, 6.07) is 6.10. The summed E-state index contributed by atoms with van der Waals surface area (Å²) in [5.74, 6) is 2.53. The Morgan fingerprint density at radius 2 is 2.11 bits per heavy atom. The summed E-state index contributed by atoms with van der Waals surface area (Å²) in [6.45, 7) is 6.58. The van der Waals surface area contributed by atoms with Crippen LogP contribution in [0.4, 0.5) is 5.95 Å². The molecule has 0 aliphatic carbocycles. The number of benzene rings is 1. The topological polar surface area (TPSA) is 81.1 Å². The molecule has 146 valence electrons. The number of carbonyl (C=O) groups is 1. The highest BCUT2D eigenvalue weighted by molar-refractivity contribution is 5.88. The Hall–Kier alpha value is -2.41. The molecule has 0 bridgehead atoms. The monoisotopic (exact) mass is 371 g/mol. The van der Waals surface area contributed by atoms with Crippen LogP contribution in [-0.4, -0.2) is 40.4 Å². The lowest BCUT2D eigenvalue weighted by Gasteiger charge is -2.19. The molecule has 2 heterocycles. The lowest BCUT2D eigenvalue weighted by molar-refractivity contribution is -0.116. The van der Waals surface area contributed by atoms with Crippen molar-refractivity contribution in [3.05, 3.63) is 35.2 Å². The first-order chi connectivity index (χ1) is 13.0. The van der Waals surface area contributed by atoms with Gasteiger partial charge < -0.3 is 10.1 Å². The van der Waals surface area contributed by atoms with E-state index < -0.39 is 0 Å². The van der Waals surface area contributed by atoms with E-state index >= 15 is 0 Å². The zero-order chi connectivity index (χ0) is 19.2. The van der Waals surface area contributed by atoms with E-state index in [2.05, 4.69) is 33.7 Å². The van der Waals surface area contributed by atoms with Gasteiger partial charge in [0.25, 0.3) is 0 Å². The van der Waals surface area contributed by atoms with Gasteiger partial charge in [-0.3, -0.25) is 10.1 Å². The Morgan fingerprint density at radius 3 is 2.85 bits per heavy atom. The van der Waals surface area contributed by atoms with Crippen molar-refractivity contribution < 1.29 is 9.53 Å². The Kier molecular flexibility index (Phi) is 6.45. The van der Waals surface area contributed by atoms with E-state index in [4.69, 9.17) is 4.74 Å². The van der Waals surface area contributed by atoms with Crippen LogP contribution < -0.4 is 15.4 Å². The van der Waals surface area contributed by atoms with Crippen molar-refractivity contribution in [3.63, 3.8) is 0 Å². The molecule has 1 amide bonds. The second-order valence-corrected chi connectivity index (χ2v) is 7.21. The fraction of sp³-hybridized carbons (Fsp3) is 0.550. The van der Waals surface area contributed by atoms with Gasteiger partial charge in [-0.1, -0.05) is 17.7 Å². The lowest BCUT2D eigenvalue weighted by Crippen LogP contribution is -2.27. The highest BCUT2D eigenvalue weighted by Gasteiger charge is 2.21. The van der Waals surface area contributed by atoms with Crippen molar-refractivity contribution in [2.45, 2.75) is 45.4 Å². The summed E-state index contributed by atoms with van der Waals surface area (Å²) in [6.07, 6.45) is 3.11. The first kappa shape index (κ1) is 19.4. The van der Waals surface area contributed by atoms with Crippen molar-refractivity contribution in [2.75, 3.05) is 25.0 Å². The van der Waals surface area contributed by atoms with Gasteiger partial charge in [-0.15, -0.1) is 0 Å². The van der Waals surface area contributed by atoms with Gasteiger partial charge in [-0.2, -0.15) is 10.1 Å². The number of rotatable bonds is 7. The summed E-state index contributed by atoms with van der Waals surface area (Å²) >= 11 is 0. The summed E-state index contributed by atoms with van der Waals surface area (Å²) < 4.78 is 7.43. The van der Waals surface area contributed by atoms with E-state index in [1.54, 1.807) is 4.68 Å². The van der Waals surface area contributed by atoms with Crippen LogP contribution in [-0.2, 0) is 11.8 Å². The highest BCUT2D eigenvalue weighted by Crippen LogP contribution is 2.23. The number of amides is 1. The average Bonchev–Trinajstić information content (AvgIpc) is 3.01. The average molecular weight is 371 g/mol. The Bertz CT molecular complexity index is 781. The van der Waals surface area contributed by atoms with E-state index in [1.165, 1.54) is 5.56 Å². The predicted molar refractivity (Wildman–Crippen MR) is 105 cm³/mol. The zero-order valence-electron chi connectivity index (χ0n) is 16.4. The summed E-state index contributed by atoms with van der Waals surface area (Å²) in [4.78, 5) is 16.7. The molecule has 1 aromatic carbocycles. The third kappa shape index (κ3) is 5.29. The van der Waals surface area contributed by atoms with Gasteiger partial charge in [0.15, 0.2) is 5.82 Å². The van der Waals surface area contributed by atoms with Crippen LogP contribution in [0.3, 0.4) is 0 Å². The molecule has 0 unspecified atom stereocenters. The van der Waals surface area contributed by atoms with Gasteiger partial charge in [0.05, 0.1) is 6.61 Å². The lowest BCUT2D eigenvalue weighted by atomic mass is 9.98. The number of aryl methyl sites for hydroxylation is 3. The van der Waals surface area contributed by atoms with E-state index in [9.17, 15) is 4.79 Å². The van der Waals surface area contributed by atoms with E-state index in [0.29, 0.717) is 31.3 Å². The first-order valence-corrected chi connectivity index (χ1v) is 9.64. The normalized spacial score (nSPS) is 14.9. The molecule has 1 aromatic heterocycles. The largest absolute Gasteiger partial charge is 0.493 e. The SMILES string of the molecule is Cc1ccc(OCCCC(=O)Nc2nc(C3CCNCC3)nn2C)c(C)c1. The Balaban J connectivity index is 1.44.